The van der Waals surface area contributed by atoms with Gasteiger partial charge in [-0.2, -0.15) is 13.2 Å². The first-order chi connectivity index (χ1) is 17.6. The predicted molar refractivity (Wildman–Crippen MR) is 134 cm³/mol. The van der Waals surface area contributed by atoms with E-state index in [1.807, 2.05) is 42.1 Å². The van der Waals surface area contributed by atoms with Gasteiger partial charge in [0, 0.05) is 39.1 Å². The van der Waals surface area contributed by atoms with E-state index in [1.165, 1.54) is 12.1 Å². The average molecular weight is 512 g/mol. The monoisotopic (exact) mass is 511 g/mol. The second-order valence-electron chi connectivity index (χ2n) is 9.22. The first kappa shape index (κ1) is 26.1. The van der Waals surface area contributed by atoms with Crippen molar-refractivity contribution in [3.63, 3.8) is 0 Å². The summed E-state index contributed by atoms with van der Waals surface area (Å²) in [7, 11) is 3.79. The Morgan fingerprint density at radius 1 is 1.03 bits per heavy atom. The zero-order valence-electron chi connectivity index (χ0n) is 20.6. The molecule has 4 rings (SSSR count). The number of carbonyl (C=O) groups excluding carboxylic acids is 2. The molecule has 0 bridgehead atoms. The maximum atomic E-state index is 12.8. The number of pyridine rings is 2. The number of piperidine rings is 1. The summed E-state index contributed by atoms with van der Waals surface area (Å²) in [6.45, 7) is 1.28. The molecule has 0 aliphatic carbocycles. The highest BCUT2D eigenvalue weighted by molar-refractivity contribution is 5.94. The van der Waals surface area contributed by atoms with E-state index in [9.17, 15) is 22.8 Å². The summed E-state index contributed by atoms with van der Waals surface area (Å²) in [5.41, 5.74) is 1.27. The molecule has 0 unspecified atom stereocenters. The van der Waals surface area contributed by atoms with Gasteiger partial charge in [-0.05, 0) is 60.7 Å². The first-order valence-electron chi connectivity index (χ1n) is 12.0. The van der Waals surface area contributed by atoms with E-state index in [0.717, 1.165) is 30.3 Å². The highest BCUT2D eigenvalue weighted by Crippen LogP contribution is 2.30. The molecule has 7 nitrogen and oxygen atoms in total. The van der Waals surface area contributed by atoms with Crippen LogP contribution in [0.1, 0.15) is 46.1 Å². The van der Waals surface area contributed by atoms with Crippen molar-refractivity contribution in [3.05, 3.63) is 83.3 Å². The predicted octanol–water partition coefficient (Wildman–Crippen LogP) is 4.76. The molecule has 194 valence electrons. The van der Waals surface area contributed by atoms with E-state index in [4.69, 9.17) is 0 Å². The van der Waals surface area contributed by atoms with Gasteiger partial charge in [0.1, 0.15) is 11.5 Å². The highest BCUT2D eigenvalue weighted by Gasteiger charge is 2.32. The van der Waals surface area contributed by atoms with Crippen molar-refractivity contribution < 1.29 is 22.8 Å². The van der Waals surface area contributed by atoms with Crippen LogP contribution in [-0.4, -0.2) is 53.9 Å². The van der Waals surface area contributed by atoms with E-state index in [2.05, 4.69) is 15.3 Å². The van der Waals surface area contributed by atoms with E-state index in [1.54, 1.807) is 24.4 Å². The molecule has 37 heavy (non-hydrogen) atoms. The molecule has 0 atom stereocenters. The lowest BCUT2D eigenvalue weighted by Crippen LogP contribution is -2.38. The van der Waals surface area contributed by atoms with Gasteiger partial charge < -0.3 is 15.1 Å². The molecule has 3 heterocycles. The number of anilines is 2. The molecule has 3 aromatic rings. The summed E-state index contributed by atoms with van der Waals surface area (Å²) in [6.07, 6.45) is -1.56. The quantitative estimate of drug-likeness (QED) is 0.516. The fourth-order valence-corrected chi connectivity index (χ4v) is 4.32. The van der Waals surface area contributed by atoms with E-state index < -0.39 is 17.8 Å². The van der Waals surface area contributed by atoms with Crippen LogP contribution in [0.15, 0.2) is 60.8 Å². The molecule has 1 aliphatic rings. The Bertz CT molecular complexity index is 1240. The maximum absolute atomic E-state index is 12.8. The van der Waals surface area contributed by atoms with Crippen LogP contribution in [0, 0.1) is 0 Å². The van der Waals surface area contributed by atoms with Crippen molar-refractivity contribution in [2.75, 3.05) is 37.4 Å². The van der Waals surface area contributed by atoms with Gasteiger partial charge in [-0.25, -0.2) is 9.97 Å². The lowest BCUT2D eigenvalue weighted by atomic mass is 9.89. The summed E-state index contributed by atoms with van der Waals surface area (Å²) in [4.78, 5) is 36.7. The topological polar surface area (TPSA) is 78.4 Å². The Morgan fingerprint density at radius 3 is 2.32 bits per heavy atom. The van der Waals surface area contributed by atoms with Gasteiger partial charge in [0.2, 0.25) is 5.91 Å². The molecule has 0 radical (unpaired) electrons. The van der Waals surface area contributed by atoms with Gasteiger partial charge in [-0.3, -0.25) is 9.59 Å². The molecular weight excluding hydrogens is 483 g/mol. The number of alkyl halides is 3. The molecule has 2 aromatic heterocycles. The van der Waals surface area contributed by atoms with Gasteiger partial charge >= 0.3 is 6.18 Å². The van der Waals surface area contributed by atoms with Crippen molar-refractivity contribution >= 4 is 23.3 Å². The van der Waals surface area contributed by atoms with Crippen LogP contribution in [0.2, 0.25) is 0 Å². The average Bonchev–Trinajstić information content (AvgIpc) is 2.88. The summed E-state index contributed by atoms with van der Waals surface area (Å²) in [5.74, 6) is 0.614. The van der Waals surface area contributed by atoms with E-state index >= 15 is 0 Å². The van der Waals surface area contributed by atoms with Crippen molar-refractivity contribution in [2.45, 2.75) is 31.4 Å². The molecule has 1 aliphatic heterocycles. The zero-order chi connectivity index (χ0) is 26.6. The van der Waals surface area contributed by atoms with Crippen LogP contribution >= 0.6 is 0 Å². The number of rotatable bonds is 6. The molecule has 2 amide bonds. The van der Waals surface area contributed by atoms with E-state index in [-0.39, 0.29) is 23.9 Å². The smallest absolute Gasteiger partial charge is 0.363 e. The molecule has 0 saturated carbocycles. The van der Waals surface area contributed by atoms with Crippen LogP contribution in [0.4, 0.5) is 24.7 Å². The Labute approximate surface area is 213 Å². The molecule has 1 saturated heterocycles. The number of hydrogen-bond donors (Lipinski definition) is 1. The number of aromatic nitrogens is 2. The third-order valence-corrected chi connectivity index (χ3v) is 6.34. The maximum Gasteiger partial charge on any atom is 0.433 e. The second kappa shape index (κ2) is 11.0. The Kier molecular flexibility index (Phi) is 7.75. The number of carbonyl (C=O) groups is 2. The lowest BCUT2D eigenvalue weighted by Gasteiger charge is -2.32. The fourth-order valence-electron chi connectivity index (χ4n) is 4.32. The van der Waals surface area contributed by atoms with Gasteiger partial charge in [-0.15, -0.1) is 0 Å². The number of hydrogen-bond acceptors (Lipinski definition) is 5. The Balaban J connectivity index is 1.29. The number of nitrogens with zero attached hydrogens (tertiary/aromatic N) is 4. The summed E-state index contributed by atoms with van der Waals surface area (Å²) < 4.78 is 38.5. The van der Waals surface area contributed by atoms with Crippen molar-refractivity contribution in [2.24, 2.45) is 0 Å². The van der Waals surface area contributed by atoms with Gasteiger partial charge in [-0.1, -0.05) is 18.2 Å². The van der Waals surface area contributed by atoms with Crippen LogP contribution in [0.3, 0.4) is 0 Å². The Hall–Kier alpha value is -3.95. The number of likely N-dealkylation sites (tertiary alicyclic amines) is 1. The molecule has 1 fully saturated rings. The largest absolute Gasteiger partial charge is 0.433 e. The summed E-state index contributed by atoms with van der Waals surface area (Å²) in [6, 6.07) is 14.6. The number of nitrogens with one attached hydrogen (secondary N) is 1. The summed E-state index contributed by atoms with van der Waals surface area (Å²) >= 11 is 0. The number of halogens is 3. The van der Waals surface area contributed by atoms with E-state index in [0.29, 0.717) is 24.3 Å². The van der Waals surface area contributed by atoms with Crippen LogP contribution in [0.25, 0.3) is 0 Å². The van der Waals surface area contributed by atoms with Gasteiger partial charge in [0.05, 0.1) is 17.7 Å². The molecular formula is C27H28F3N5O2. The van der Waals surface area contributed by atoms with Crippen molar-refractivity contribution in [3.8, 4) is 0 Å². The van der Waals surface area contributed by atoms with Gasteiger partial charge in [0.25, 0.3) is 5.91 Å². The van der Waals surface area contributed by atoms with Crippen LogP contribution < -0.4 is 10.2 Å². The first-order valence-corrected chi connectivity index (χ1v) is 12.0. The molecule has 1 aromatic carbocycles. The minimum Gasteiger partial charge on any atom is -0.363 e. The van der Waals surface area contributed by atoms with Crippen molar-refractivity contribution in [1.29, 1.82) is 0 Å². The fraction of sp³-hybridized carbons (Fsp3) is 0.333. The molecule has 10 heteroatoms. The minimum atomic E-state index is -4.56. The van der Waals surface area contributed by atoms with Gasteiger partial charge in [0.15, 0.2) is 0 Å². The Morgan fingerprint density at radius 2 is 1.73 bits per heavy atom. The second-order valence-corrected chi connectivity index (χ2v) is 9.22. The zero-order valence-corrected chi connectivity index (χ0v) is 20.6. The highest BCUT2D eigenvalue weighted by atomic mass is 19.4. The van der Waals surface area contributed by atoms with Crippen LogP contribution in [-0.2, 0) is 17.4 Å². The molecule has 0 spiro atoms. The number of benzene rings is 1. The van der Waals surface area contributed by atoms with Crippen molar-refractivity contribution in [1.82, 2.24) is 14.9 Å². The molecule has 1 N–H and O–H groups in total. The normalized spacial score (nSPS) is 14.4. The third kappa shape index (κ3) is 6.63. The minimum absolute atomic E-state index is 0.0235. The van der Waals surface area contributed by atoms with Crippen LogP contribution in [0.5, 0.6) is 0 Å². The summed E-state index contributed by atoms with van der Waals surface area (Å²) in [5, 5.41) is 2.71. The third-order valence-electron chi connectivity index (χ3n) is 6.34. The SMILES string of the molecule is CN(C)c1ccc(C(=O)N2CCC(c3ccc(NC(=O)Cc4cccc(C(F)(F)F)n4)cc3)CC2)cn1. The lowest BCUT2D eigenvalue weighted by molar-refractivity contribution is -0.141. The standard InChI is InChI=1S/C27H28F3N5O2/c1-34(2)24-11-8-20(17-31-24)26(37)35-14-12-19(13-15-35)18-6-9-21(10-7-18)33-25(36)16-22-4-3-5-23(32-22)27(28,29)30/h3-11,17,19H,12-16H2,1-2H3,(H,33,36). The number of amides is 2.